The quantitative estimate of drug-likeness (QED) is 0.527. The number of nitrogens with zero attached hydrogens (tertiary/aromatic N) is 5. The lowest BCUT2D eigenvalue weighted by atomic mass is 10.1. The summed E-state index contributed by atoms with van der Waals surface area (Å²) in [6.07, 6.45) is 7.05. The molecular weight excluding hydrogens is 310 g/mol. The molecule has 0 aliphatic rings. The number of fused-ring (bicyclic) bond motifs is 1. The topological polar surface area (TPSA) is 56.0 Å². The molecule has 0 unspecified atom stereocenters. The second-order valence-corrected chi connectivity index (χ2v) is 5.52. The highest BCUT2D eigenvalue weighted by molar-refractivity contribution is 6.29. The van der Waals surface area contributed by atoms with Crippen molar-refractivity contribution < 1.29 is 0 Å². The lowest BCUT2D eigenvalue weighted by Crippen LogP contribution is -1.96. The Morgan fingerprint density at radius 1 is 0.957 bits per heavy atom. The van der Waals surface area contributed by atoms with Gasteiger partial charge in [0.25, 0.3) is 0 Å². The standard InChI is InChI=1S/C17H12ClN5/c1-11-16(13-2-3-15(18)20-10-13)23-17(22-11)14(6-9-21-23)12-4-7-19-8-5-12/h2-10H,1H3. The molecule has 6 heteroatoms. The van der Waals surface area contributed by atoms with Gasteiger partial charge in [0, 0.05) is 35.9 Å². The summed E-state index contributed by atoms with van der Waals surface area (Å²) in [6.45, 7) is 1.97. The van der Waals surface area contributed by atoms with Crippen LogP contribution in [-0.2, 0) is 0 Å². The molecule has 0 atom stereocenters. The SMILES string of the molecule is Cc1nc2c(-c3ccncc3)ccnn2c1-c1ccc(Cl)nc1. The Morgan fingerprint density at radius 2 is 1.78 bits per heavy atom. The van der Waals surface area contributed by atoms with Crippen LogP contribution in [0.15, 0.2) is 55.1 Å². The van der Waals surface area contributed by atoms with Crippen molar-refractivity contribution in [2.75, 3.05) is 0 Å². The molecule has 0 amide bonds. The highest BCUT2D eigenvalue weighted by Gasteiger charge is 2.15. The first-order valence-electron chi connectivity index (χ1n) is 7.11. The van der Waals surface area contributed by atoms with Crippen LogP contribution in [0.2, 0.25) is 5.15 Å². The maximum Gasteiger partial charge on any atom is 0.162 e. The lowest BCUT2D eigenvalue weighted by molar-refractivity contribution is 0.942. The highest BCUT2D eigenvalue weighted by Crippen LogP contribution is 2.29. The Hall–Kier alpha value is -2.79. The number of aryl methyl sites for hydroxylation is 1. The van der Waals surface area contributed by atoms with Crippen LogP contribution in [0.3, 0.4) is 0 Å². The number of hydrogen-bond acceptors (Lipinski definition) is 4. The van der Waals surface area contributed by atoms with E-state index < -0.39 is 0 Å². The molecule has 0 aliphatic carbocycles. The molecule has 112 valence electrons. The van der Waals surface area contributed by atoms with E-state index >= 15 is 0 Å². The van der Waals surface area contributed by atoms with Crippen molar-refractivity contribution in [2.45, 2.75) is 6.92 Å². The first-order valence-corrected chi connectivity index (χ1v) is 7.48. The average molecular weight is 322 g/mol. The van der Waals surface area contributed by atoms with Crippen LogP contribution < -0.4 is 0 Å². The predicted molar refractivity (Wildman–Crippen MR) is 89.2 cm³/mol. The zero-order valence-electron chi connectivity index (χ0n) is 12.3. The molecule has 0 aliphatic heterocycles. The van der Waals surface area contributed by atoms with Crippen molar-refractivity contribution in [1.29, 1.82) is 0 Å². The summed E-state index contributed by atoms with van der Waals surface area (Å²) in [4.78, 5) is 12.9. The van der Waals surface area contributed by atoms with Crippen molar-refractivity contribution in [3.8, 4) is 22.4 Å². The zero-order chi connectivity index (χ0) is 15.8. The van der Waals surface area contributed by atoms with Crippen LogP contribution in [0.1, 0.15) is 5.69 Å². The Labute approximate surface area is 137 Å². The first-order chi connectivity index (χ1) is 11.2. The number of hydrogen-bond donors (Lipinski definition) is 0. The second kappa shape index (κ2) is 5.44. The maximum absolute atomic E-state index is 5.88. The van der Waals surface area contributed by atoms with Crippen molar-refractivity contribution >= 4 is 17.2 Å². The van der Waals surface area contributed by atoms with E-state index in [2.05, 4.69) is 15.1 Å². The Balaban J connectivity index is 1.98. The van der Waals surface area contributed by atoms with Crippen molar-refractivity contribution in [1.82, 2.24) is 24.6 Å². The molecule has 4 aromatic rings. The van der Waals surface area contributed by atoms with E-state index in [9.17, 15) is 0 Å². The molecule has 0 spiro atoms. The van der Waals surface area contributed by atoms with Crippen LogP contribution in [0, 0.1) is 6.92 Å². The predicted octanol–water partition coefficient (Wildman–Crippen LogP) is 3.82. The Kier molecular flexibility index (Phi) is 3.28. The number of imidazole rings is 1. The van der Waals surface area contributed by atoms with E-state index in [1.54, 1.807) is 30.9 Å². The normalized spacial score (nSPS) is 11.0. The van der Waals surface area contributed by atoms with Crippen molar-refractivity contribution in [3.05, 3.63) is 66.0 Å². The molecule has 0 radical (unpaired) electrons. The first kappa shape index (κ1) is 13.8. The van der Waals surface area contributed by atoms with Gasteiger partial charge in [-0.2, -0.15) is 5.10 Å². The van der Waals surface area contributed by atoms with E-state index in [-0.39, 0.29) is 0 Å². The molecule has 4 aromatic heterocycles. The average Bonchev–Trinajstić information content (AvgIpc) is 2.92. The third-order valence-corrected chi connectivity index (χ3v) is 3.91. The number of aromatic nitrogens is 5. The number of halogens is 1. The molecule has 5 nitrogen and oxygen atoms in total. The van der Waals surface area contributed by atoms with E-state index in [1.807, 2.05) is 35.7 Å². The fourth-order valence-corrected chi connectivity index (χ4v) is 2.77. The summed E-state index contributed by atoms with van der Waals surface area (Å²) in [6, 6.07) is 9.57. The minimum atomic E-state index is 0.464. The minimum absolute atomic E-state index is 0.464. The smallest absolute Gasteiger partial charge is 0.162 e. The summed E-state index contributed by atoms with van der Waals surface area (Å²) >= 11 is 5.88. The van der Waals surface area contributed by atoms with E-state index in [0.717, 1.165) is 33.7 Å². The van der Waals surface area contributed by atoms with Gasteiger partial charge < -0.3 is 0 Å². The van der Waals surface area contributed by atoms with Crippen LogP contribution in [0.5, 0.6) is 0 Å². The largest absolute Gasteiger partial charge is 0.265 e. The third-order valence-electron chi connectivity index (χ3n) is 3.69. The second-order valence-electron chi connectivity index (χ2n) is 5.13. The third kappa shape index (κ3) is 2.35. The van der Waals surface area contributed by atoms with Crippen LogP contribution >= 0.6 is 11.6 Å². The summed E-state index contributed by atoms with van der Waals surface area (Å²) in [5, 5.41) is 4.93. The molecule has 0 fully saturated rings. The molecule has 0 saturated carbocycles. The molecule has 23 heavy (non-hydrogen) atoms. The monoisotopic (exact) mass is 321 g/mol. The van der Waals surface area contributed by atoms with Crippen LogP contribution in [0.25, 0.3) is 28.0 Å². The van der Waals surface area contributed by atoms with Gasteiger partial charge in [-0.1, -0.05) is 11.6 Å². The molecule has 0 aromatic carbocycles. The van der Waals surface area contributed by atoms with Gasteiger partial charge in [-0.25, -0.2) is 14.5 Å². The maximum atomic E-state index is 5.88. The minimum Gasteiger partial charge on any atom is -0.265 e. The van der Waals surface area contributed by atoms with Gasteiger partial charge >= 0.3 is 0 Å². The number of pyridine rings is 2. The van der Waals surface area contributed by atoms with E-state index in [1.165, 1.54) is 0 Å². The molecule has 0 bridgehead atoms. The van der Waals surface area contributed by atoms with Crippen molar-refractivity contribution in [2.24, 2.45) is 0 Å². The van der Waals surface area contributed by atoms with Gasteiger partial charge in [-0.05, 0) is 42.8 Å². The van der Waals surface area contributed by atoms with Crippen molar-refractivity contribution in [3.63, 3.8) is 0 Å². The Bertz CT molecular complexity index is 977. The van der Waals surface area contributed by atoms with Gasteiger partial charge in [0.05, 0.1) is 11.4 Å². The number of rotatable bonds is 2. The summed E-state index contributed by atoms with van der Waals surface area (Å²) in [5.74, 6) is 0. The lowest BCUT2D eigenvalue weighted by Gasteiger charge is -2.05. The fourth-order valence-electron chi connectivity index (χ4n) is 2.66. The van der Waals surface area contributed by atoms with Gasteiger partial charge in [0.2, 0.25) is 0 Å². The van der Waals surface area contributed by atoms with Crippen LogP contribution in [0.4, 0.5) is 0 Å². The summed E-state index contributed by atoms with van der Waals surface area (Å²) in [5.41, 5.74) is 5.61. The fraction of sp³-hybridized carbons (Fsp3) is 0.0588. The van der Waals surface area contributed by atoms with E-state index in [0.29, 0.717) is 5.15 Å². The molecular formula is C17H12ClN5. The molecule has 0 saturated heterocycles. The van der Waals surface area contributed by atoms with Crippen LogP contribution in [-0.4, -0.2) is 24.6 Å². The Morgan fingerprint density at radius 3 is 2.52 bits per heavy atom. The highest BCUT2D eigenvalue weighted by atomic mass is 35.5. The van der Waals surface area contributed by atoms with E-state index in [4.69, 9.17) is 16.6 Å². The van der Waals surface area contributed by atoms with Gasteiger partial charge in [0.1, 0.15) is 5.15 Å². The molecule has 0 N–H and O–H groups in total. The summed E-state index contributed by atoms with van der Waals surface area (Å²) < 4.78 is 1.84. The zero-order valence-corrected chi connectivity index (χ0v) is 13.1. The van der Waals surface area contributed by atoms with Gasteiger partial charge in [-0.15, -0.1) is 0 Å². The molecule has 4 heterocycles. The molecule has 4 rings (SSSR count). The summed E-state index contributed by atoms with van der Waals surface area (Å²) in [7, 11) is 0. The van der Waals surface area contributed by atoms with Gasteiger partial charge in [-0.3, -0.25) is 4.98 Å². The van der Waals surface area contributed by atoms with Gasteiger partial charge in [0.15, 0.2) is 5.65 Å².